The Morgan fingerprint density at radius 3 is 1.67 bits per heavy atom. The fourth-order valence-corrected chi connectivity index (χ4v) is 3.81. The maximum Gasteiger partial charge on any atom is 0.314 e. The van der Waals surface area contributed by atoms with Gasteiger partial charge in [-0.2, -0.15) is 0 Å². The smallest absolute Gasteiger partial charge is 0.314 e. The Hall–Kier alpha value is -3.81. The number of methoxy groups -OCH3 is 1. The van der Waals surface area contributed by atoms with Gasteiger partial charge in [0, 0.05) is 5.56 Å². The third-order valence-corrected chi connectivity index (χ3v) is 6.35. The first kappa shape index (κ1) is 34.4. The number of hydrogen-bond donors (Lipinski definition) is 0. The van der Waals surface area contributed by atoms with Crippen molar-refractivity contribution in [1.82, 2.24) is 0 Å². The molecule has 0 aromatic heterocycles. The lowest BCUT2D eigenvalue weighted by molar-refractivity contribution is -0.160. The van der Waals surface area contributed by atoms with Crippen molar-refractivity contribution in [2.45, 2.75) is 81.1 Å². The first-order valence-corrected chi connectivity index (χ1v) is 14.1. The van der Waals surface area contributed by atoms with Crippen LogP contribution >= 0.6 is 0 Å². The van der Waals surface area contributed by atoms with Crippen molar-refractivity contribution < 1.29 is 38.1 Å². The van der Waals surface area contributed by atoms with Crippen LogP contribution in [-0.4, -0.2) is 38.4 Å². The van der Waals surface area contributed by atoms with Crippen LogP contribution in [0.5, 0.6) is 17.2 Å². The maximum absolute atomic E-state index is 13.2. The largest absolute Gasteiger partial charge is 0.496 e. The van der Waals surface area contributed by atoms with Crippen molar-refractivity contribution in [3.05, 3.63) is 58.7 Å². The second-order valence-corrected chi connectivity index (χ2v) is 12.8. The van der Waals surface area contributed by atoms with Crippen molar-refractivity contribution in [2.24, 2.45) is 10.8 Å². The summed E-state index contributed by atoms with van der Waals surface area (Å²) in [6.45, 7) is 18.3. The zero-order valence-electron chi connectivity index (χ0n) is 26.9. The van der Waals surface area contributed by atoms with Gasteiger partial charge in [0.2, 0.25) is 13.6 Å². The third-order valence-electron chi connectivity index (χ3n) is 6.35. The molecule has 0 N–H and O–H groups in total. The third kappa shape index (κ3) is 9.36. The number of carbonyl (C=O) groups excluding carboxylic acids is 3. The molecule has 0 saturated carbocycles. The summed E-state index contributed by atoms with van der Waals surface area (Å²) in [5.41, 5.74) is 1.62. The standard InChI is InChI=1S/C34H46O8/c1-21(2)26-18-27(22(3)4)30(40-20-42-32(37)34(8,9)10)25(29(26)38-11)16-17-28(35)23-12-14-24(15-13-23)39-19-41-31(36)33(5,6)7/h12-18,21-22H,19-20H2,1-11H3. The Morgan fingerprint density at radius 1 is 0.738 bits per heavy atom. The predicted molar refractivity (Wildman–Crippen MR) is 163 cm³/mol. The fraction of sp³-hybridized carbons (Fsp3) is 0.500. The molecule has 8 nitrogen and oxygen atoms in total. The van der Waals surface area contributed by atoms with E-state index >= 15 is 0 Å². The average Bonchev–Trinajstić information content (AvgIpc) is 2.90. The molecule has 0 aliphatic carbocycles. The quantitative estimate of drug-likeness (QED) is 0.109. The van der Waals surface area contributed by atoms with E-state index in [0.29, 0.717) is 28.4 Å². The molecule has 8 heteroatoms. The zero-order valence-corrected chi connectivity index (χ0v) is 26.9. The van der Waals surface area contributed by atoms with Crippen molar-refractivity contribution >= 4 is 23.8 Å². The molecule has 0 saturated heterocycles. The SMILES string of the molecule is COc1c(C(C)C)cc(C(C)C)c(OCOC(=O)C(C)(C)C)c1C=CC(=O)c1ccc(OCOC(=O)C(C)(C)C)cc1. The predicted octanol–water partition coefficient (Wildman–Crippen LogP) is 7.69. The van der Waals surface area contributed by atoms with Gasteiger partial charge in [-0.1, -0.05) is 27.7 Å². The summed E-state index contributed by atoms with van der Waals surface area (Å²) in [5, 5.41) is 0. The van der Waals surface area contributed by atoms with Crippen LogP contribution in [0.1, 0.15) is 108 Å². The van der Waals surface area contributed by atoms with E-state index in [9.17, 15) is 14.4 Å². The summed E-state index contributed by atoms with van der Waals surface area (Å²) in [7, 11) is 1.58. The van der Waals surface area contributed by atoms with Crippen molar-refractivity contribution in [2.75, 3.05) is 20.7 Å². The molecule has 0 spiro atoms. The average molecular weight is 583 g/mol. The Labute approximate surface area is 250 Å². The van der Waals surface area contributed by atoms with E-state index in [-0.39, 0.29) is 43.1 Å². The highest BCUT2D eigenvalue weighted by Gasteiger charge is 2.26. The van der Waals surface area contributed by atoms with Crippen LogP contribution in [0.4, 0.5) is 0 Å². The highest BCUT2D eigenvalue weighted by molar-refractivity contribution is 6.07. The molecule has 0 aliphatic rings. The molecule has 2 aromatic rings. The van der Waals surface area contributed by atoms with Gasteiger partial charge in [0.15, 0.2) is 5.78 Å². The molecular formula is C34H46O8. The van der Waals surface area contributed by atoms with Crippen LogP contribution in [0.3, 0.4) is 0 Å². The zero-order chi connectivity index (χ0) is 31.8. The van der Waals surface area contributed by atoms with Gasteiger partial charge in [0.05, 0.1) is 23.5 Å². The number of esters is 2. The Balaban J connectivity index is 2.36. The molecule has 0 radical (unpaired) electrons. The van der Waals surface area contributed by atoms with Crippen LogP contribution in [0.2, 0.25) is 0 Å². The van der Waals surface area contributed by atoms with E-state index in [2.05, 4.69) is 13.8 Å². The fourth-order valence-electron chi connectivity index (χ4n) is 3.81. The van der Waals surface area contributed by atoms with Crippen LogP contribution < -0.4 is 14.2 Å². The molecule has 2 rings (SSSR count). The highest BCUT2D eigenvalue weighted by atomic mass is 16.7. The molecule has 230 valence electrons. The molecule has 0 unspecified atom stereocenters. The molecular weight excluding hydrogens is 536 g/mol. The summed E-state index contributed by atoms with van der Waals surface area (Å²) < 4.78 is 27.9. The lowest BCUT2D eigenvalue weighted by Gasteiger charge is -2.24. The molecule has 0 aliphatic heterocycles. The molecule has 0 amide bonds. The summed E-state index contributed by atoms with van der Waals surface area (Å²) >= 11 is 0. The van der Waals surface area contributed by atoms with Gasteiger partial charge in [-0.15, -0.1) is 0 Å². The van der Waals surface area contributed by atoms with E-state index in [1.54, 1.807) is 79.0 Å². The van der Waals surface area contributed by atoms with Crippen LogP contribution in [0.15, 0.2) is 36.4 Å². The number of ether oxygens (including phenoxy) is 5. The summed E-state index contributed by atoms with van der Waals surface area (Å²) in [4.78, 5) is 37.4. The molecule has 0 fully saturated rings. The molecule has 0 heterocycles. The minimum Gasteiger partial charge on any atom is -0.496 e. The minimum atomic E-state index is -0.671. The first-order valence-electron chi connectivity index (χ1n) is 14.1. The lowest BCUT2D eigenvalue weighted by atomic mass is 9.90. The van der Waals surface area contributed by atoms with E-state index in [0.717, 1.165) is 11.1 Å². The lowest BCUT2D eigenvalue weighted by Crippen LogP contribution is -2.25. The highest BCUT2D eigenvalue weighted by Crippen LogP contribution is 2.43. The topological polar surface area (TPSA) is 97.4 Å². The maximum atomic E-state index is 13.2. The number of allylic oxidation sites excluding steroid dienone is 1. The van der Waals surface area contributed by atoms with Gasteiger partial charge in [0.1, 0.15) is 17.2 Å². The normalized spacial score (nSPS) is 12.0. The van der Waals surface area contributed by atoms with E-state index in [1.165, 1.54) is 6.08 Å². The van der Waals surface area contributed by atoms with Gasteiger partial charge in [0.25, 0.3) is 0 Å². The van der Waals surface area contributed by atoms with Crippen LogP contribution in [-0.2, 0) is 19.1 Å². The molecule has 2 aromatic carbocycles. The van der Waals surface area contributed by atoms with E-state index in [4.69, 9.17) is 23.7 Å². The summed E-state index contributed by atoms with van der Waals surface area (Å²) in [6.07, 6.45) is 3.14. The van der Waals surface area contributed by atoms with Gasteiger partial charge in [-0.25, -0.2) is 0 Å². The van der Waals surface area contributed by atoms with Gasteiger partial charge in [-0.05, 0) is 107 Å². The molecule has 0 atom stereocenters. The van der Waals surface area contributed by atoms with E-state index in [1.807, 2.05) is 19.9 Å². The van der Waals surface area contributed by atoms with Crippen LogP contribution in [0, 0.1) is 10.8 Å². The van der Waals surface area contributed by atoms with Crippen molar-refractivity contribution in [1.29, 1.82) is 0 Å². The monoisotopic (exact) mass is 582 g/mol. The summed E-state index contributed by atoms with van der Waals surface area (Å²) in [6, 6.07) is 8.60. The first-order chi connectivity index (χ1) is 19.5. The number of benzene rings is 2. The molecule has 0 bridgehead atoms. The second-order valence-electron chi connectivity index (χ2n) is 12.8. The van der Waals surface area contributed by atoms with Gasteiger partial charge < -0.3 is 23.7 Å². The van der Waals surface area contributed by atoms with Crippen molar-refractivity contribution in [3.8, 4) is 17.2 Å². The number of ketones is 1. The van der Waals surface area contributed by atoms with Gasteiger partial charge >= 0.3 is 11.9 Å². The Morgan fingerprint density at radius 2 is 1.21 bits per heavy atom. The van der Waals surface area contributed by atoms with Gasteiger partial charge in [-0.3, -0.25) is 14.4 Å². The number of hydrogen-bond acceptors (Lipinski definition) is 8. The summed E-state index contributed by atoms with van der Waals surface area (Å²) in [5.74, 6) is 0.775. The molecule has 42 heavy (non-hydrogen) atoms. The van der Waals surface area contributed by atoms with Crippen LogP contribution in [0.25, 0.3) is 6.08 Å². The second kappa shape index (κ2) is 14.4. The Kier molecular flexibility index (Phi) is 11.8. The number of carbonyl (C=O) groups is 3. The number of rotatable bonds is 12. The van der Waals surface area contributed by atoms with Crippen molar-refractivity contribution in [3.63, 3.8) is 0 Å². The minimum absolute atomic E-state index is 0.0831. The Bertz CT molecular complexity index is 1270. The van der Waals surface area contributed by atoms with E-state index < -0.39 is 10.8 Å².